The van der Waals surface area contributed by atoms with Crippen molar-refractivity contribution in [3.63, 3.8) is 0 Å². The van der Waals surface area contributed by atoms with Gasteiger partial charge in [0.15, 0.2) is 5.78 Å². The van der Waals surface area contributed by atoms with Crippen molar-refractivity contribution in [2.45, 2.75) is 40.2 Å². The number of ketones is 1. The second-order valence-electron chi connectivity index (χ2n) is 4.81. The van der Waals surface area contributed by atoms with E-state index in [0.717, 1.165) is 13.0 Å². The molecule has 1 rings (SSSR count). The van der Waals surface area contributed by atoms with E-state index in [0.29, 0.717) is 11.7 Å². The van der Waals surface area contributed by atoms with Crippen molar-refractivity contribution in [1.29, 1.82) is 0 Å². The maximum Gasteiger partial charge on any atom is 0.155 e. The molecule has 2 nitrogen and oxygen atoms in total. The van der Waals surface area contributed by atoms with Gasteiger partial charge in [0, 0.05) is 5.41 Å². The fourth-order valence-corrected chi connectivity index (χ4v) is 1.65. The van der Waals surface area contributed by atoms with Crippen molar-refractivity contribution in [3.05, 3.63) is 0 Å². The summed E-state index contributed by atoms with van der Waals surface area (Å²) in [6.07, 6.45) is 1.13. The lowest BCUT2D eigenvalue weighted by atomic mass is 9.83. The number of rotatable bonds is 1. The fraction of sp³-hybridized carbons (Fsp3) is 0.900. The molecule has 1 aliphatic heterocycles. The van der Waals surface area contributed by atoms with Crippen LogP contribution >= 0.6 is 0 Å². The molecule has 1 aliphatic rings. The van der Waals surface area contributed by atoms with Crippen LogP contribution in [0, 0.1) is 11.3 Å². The van der Waals surface area contributed by atoms with E-state index in [2.05, 4.69) is 12.2 Å². The van der Waals surface area contributed by atoms with Gasteiger partial charge in [0.1, 0.15) is 0 Å². The SMILES string of the molecule is CC1CCNC1C(=O)C(C)(C)C. The molecule has 2 atom stereocenters. The average Bonchev–Trinajstić information content (AvgIpc) is 2.31. The molecule has 0 aromatic carbocycles. The molecule has 70 valence electrons. The van der Waals surface area contributed by atoms with Crippen LogP contribution in [0.1, 0.15) is 34.1 Å². The van der Waals surface area contributed by atoms with Gasteiger partial charge in [-0.1, -0.05) is 27.7 Å². The summed E-state index contributed by atoms with van der Waals surface area (Å²) >= 11 is 0. The van der Waals surface area contributed by atoms with Crippen LogP contribution in [0.3, 0.4) is 0 Å². The molecule has 0 radical (unpaired) electrons. The summed E-state index contributed by atoms with van der Waals surface area (Å²) in [6, 6.07) is 0.102. The van der Waals surface area contributed by atoms with Crippen LogP contribution < -0.4 is 5.32 Å². The highest BCUT2D eigenvalue weighted by atomic mass is 16.1. The molecule has 0 bridgehead atoms. The van der Waals surface area contributed by atoms with Crippen LogP contribution in [0.2, 0.25) is 0 Å². The third-order valence-corrected chi connectivity index (χ3v) is 2.55. The third-order valence-electron chi connectivity index (χ3n) is 2.55. The van der Waals surface area contributed by atoms with E-state index in [1.807, 2.05) is 20.8 Å². The van der Waals surface area contributed by atoms with E-state index < -0.39 is 0 Å². The van der Waals surface area contributed by atoms with E-state index in [1.165, 1.54) is 0 Å². The molecule has 1 heterocycles. The average molecular weight is 169 g/mol. The predicted molar refractivity (Wildman–Crippen MR) is 50.0 cm³/mol. The van der Waals surface area contributed by atoms with Crippen LogP contribution in [-0.2, 0) is 4.79 Å². The van der Waals surface area contributed by atoms with Crippen molar-refractivity contribution < 1.29 is 4.79 Å². The Labute approximate surface area is 74.7 Å². The quantitative estimate of drug-likeness (QED) is 0.646. The fourth-order valence-electron chi connectivity index (χ4n) is 1.65. The number of hydrogen-bond acceptors (Lipinski definition) is 2. The second kappa shape index (κ2) is 3.17. The molecule has 0 aromatic heterocycles. The molecule has 2 heteroatoms. The molecule has 0 saturated carbocycles. The van der Waals surface area contributed by atoms with Crippen molar-refractivity contribution in [1.82, 2.24) is 5.32 Å². The number of nitrogens with one attached hydrogen (secondary N) is 1. The number of hydrogen-bond donors (Lipinski definition) is 1. The zero-order valence-electron chi connectivity index (χ0n) is 8.48. The molecule has 1 N–H and O–H groups in total. The Morgan fingerprint density at radius 3 is 2.33 bits per heavy atom. The highest BCUT2D eigenvalue weighted by Gasteiger charge is 2.35. The third kappa shape index (κ3) is 1.86. The number of carbonyl (C=O) groups is 1. The van der Waals surface area contributed by atoms with E-state index >= 15 is 0 Å². The first-order chi connectivity index (χ1) is 5.43. The Morgan fingerprint density at radius 2 is 2.00 bits per heavy atom. The summed E-state index contributed by atoms with van der Waals surface area (Å²) in [5.74, 6) is 0.865. The minimum absolute atomic E-state index is 0.102. The van der Waals surface area contributed by atoms with Gasteiger partial charge in [0.05, 0.1) is 6.04 Å². The highest BCUT2D eigenvalue weighted by molar-refractivity contribution is 5.89. The predicted octanol–water partition coefficient (Wildman–Crippen LogP) is 1.60. The van der Waals surface area contributed by atoms with Crippen LogP contribution in [0.4, 0.5) is 0 Å². The standard InChI is InChI=1S/C10H19NO/c1-7-5-6-11-8(7)9(12)10(2,3)4/h7-8,11H,5-6H2,1-4H3. The van der Waals surface area contributed by atoms with E-state index in [-0.39, 0.29) is 11.5 Å². The smallest absolute Gasteiger partial charge is 0.155 e. The lowest BCUT2D eigenvalue weighted by Crippen LogP contribution is -2.41. The first kappa shape index (κ1) is 9.72. The maximum absolute atomic E-state index is 11.8. The van der Waals surface area contributed by atoms with Crippen molar-refractivity contribution in [2.75, 3.05) is 6.54 Å². The zero-order chi connectivity index (χ0) is 9.35. The van der Waals surface area contributed by atoms with Gasteiger partial charge in [-0.05, 0) is 18.9 Å². The summed E-state index contributed by atoms with van der Waals surface area (Å²) in [6.45, 7) is 9.11. The summed E-state index contributed by atoms with van der Waals surface area (Å²) in [5, 5.41) is 3.26. The largest absolute Gasteiger partial charge is 0.307 e. The first-order valence-electron chi connectivity index (χ1n) is 4.70. The minimum Gasteiger partial charge on any atom is -0.307 e. The number of carbonyl (C=O) groups excluding carboxylic acids is 1. The minimum atomic E-state index is -0.198. The highest BCUT2D eigenvalue weighted by Crippen LogP contribution is 2.24. The lowest BCUT2D eigenvalue weighted by Gasteiger charge is -2.24. The van der Waals surface area contributed by atoms with Crippen molar-refractivity contribution >= 4 is 5.78 Å². The number of Topliss-reactive ketones (excluding diaryl/α,β-unsaturated/α-hetero) is 1. The van der Waals surface area contributed by atoms with E-state index in [9.17, 15) is 4.79 Å². The van der Waals surface area contributed by atoms with Crippen LogP contribution in [-0.4, -0.2) is 18.4 Å². The molecule has 2 unspecified atom stereocenters. The van der Waals surface area contributed by atoms with Crippen molar-refractivity contribution in [3.8, 4) is 0 Å². The molecule has 0 amide bonds. The van der Waals surface area contributed by atoms with Crippen LogP contribution in [0.5, 0.6) is 0 Å². The molecular weight excluding hydrogens is 150 g/mol. The molecular formula is C10H19NO. The topological polar surface area (TPSA) is 29.1 Å². The Hall–Kier alpha value is -0.370. The molecule has 1 fully saturated rings. The van der Waals surface area contributed by atoms with Crippen LogP contribution in [0.25, 0.3) is 0 Å². The monoisotopic (exact) mass is 169 g/mol. The summed E-state index contributed by atoms with van der Waals surface area (Å²) in [5.41, 5.74) is -0.198. The Morgan fingerprint density at radius 1 is 1.42 bits per heavy atom. The van der Waals surface area contributed by atoms with Gasteiger partial charge < -0.3 is 5.32 Å². The maximum atomic E-state index is 11.8. The molecule has 0 aliphatic carbocycles. The molecule has 1 saturated heterocycles. The lowest BCUT2D eigenvalue weighted by molar-refractivity contribution is -0.128. The summed E-state index contributed by atoms with van der Waals surface area (Å²) in [7, 11) is 0. The van der Waals surface area contributed by atoms with Gasteiger partial charge in [-0.3, -0.25) is 4.79 Å². The molecule has 0 spiro atoms. The normalized spacial score (nSPS) is 30.7. The van der Waals surface area contributed by atoms with E-state index in [4.69, 9.17) is 0 Å². The van der Waals surface area contributed by atoms with Crippen molar-refractivity contribution in [2.24, 2.45) is 11.3 Å². The van der Waals surface area contributed by atoms with Crippen LogP contribution in [0.15, 0.2) is 0 Å². The summed E-state index contributed by atoms with van der Waals surface area (Å²) < 4.78 is 0. The molecule has 0 aromatic rings. The van der Waals surface area contributed by atoms with Gasteiger partial charge in [0.25, 0.3) is 0 Å². The van der Waals surface area contributed by atoms with E-state index in [1.54, 1.807) is 0 Å². The van der Waals surface area contributed by atoms with Gasteiger partial charge in [-0.25, -0.2) is 0 Å². The molecule has 12 heavy (non-hydrogen) atoms. The second-order valence-corrected chi connectivity index (χ2v) is 4.81. The Bertz CT molecular complexity index is 181. The van der Waals surface area contributed by atoms with Gasteiger partial charge in [-0.15, -0.1) is 0 Å². The Kier molecular flexibility index (Phi) is 2.57. The van der Waals surface area contributed by atoms with Gasteiger partial charge >= 0.3 is 0 Å². The zero-order valence-corrected chi connectivity index (χ0v) is 8.48. The first-order valence-corrected chi connectivity index (χ1v) is 4.70. The summed E-state index contributed by atoms with van der Waals surface area (Å²) in [4.78, 5) is 11.8. The van der Waals surface area contributed by atoms with Gasteiger partial charge in [-0.2, -0.15) is 0 Å². The Balaban J connectivity index is 2.64. The van der Waals surface area contributed by atoms with Gasteiger partial charge in [0.2, 0.25) is 0 Å².